The number of nitrogens with zero attached hydrogens (tertiary/aromatic N) is 2. The summed E-state index contributed by atoms with van der Waals surface area (Å²) >= 11 is 0. The predicted octanol–water partition coefficient (Wildman–Crippen LogP) is 2.11. The summed E-state index contributed by atoms with van der Waals surface area (Å²) in [5.74, 6) is 0.576. The fourth-order valence-electron chi connectivity index (χ4n) is 3.97. The van der Waals surface area contributed by atoms with Gasteiger partial charge >= 0.3 is 6.03 Å². The van der Waals surface area contributed by atoms with Gasteiger partial charge in [0, 0.05) is 19.6 Å². The zero-order valence-corrected chi connectivity index (χ0v) is 15.1. The molecule has 1 atom stereocenters. The van der Waals surface area contributed by atoms with Crippen molar-refractivity contribution in [2.24, 2.45) is 5.92 Å². The molecule has 0 spiro atoms. The molecule has 0 radical (unpaired) electrons. The van der Waals surface area contributed by atoms with E-state index in [1.165, 1.54) is 5.56 Å². The lowest BCUT2D eigenvalue weighted by atomic mass is 9.96. The van der Waals surface area contributed by atoms with Crippen LogP contribution in [0.2, 0.25) is 0 Å². The largest absolute Gasteiger partial charge is 0.394 e. The van der Waals surface area contributed by atoms with Gasteiger partial charge in [-0.05, 0) is 56.7 Å². The van der Waals surface area contributed by atoms with E-state index in [9.17, 15) is 9.90 Å². The van der Waals surface area contributed by atoms with Crippen molar-refractivity contribution in [2.45, 2.75) is 38.1 Å². The summed E-state index contributed by atoms with van der Waals surface area (Å²) in [5, 5.41) is 12.4. The summed E-state index contributed by atoms with van der Waals surface area (Å²) in [5.41, 5.74) is 1.40. The van der Waals surface area contributed by atoms with Crippen LogP contribution in [0, 0.1) is 5.92 Å². The zero-order chi connectivity index (χ0) is 17.5. The summed E-state index contributed by atoms with van der Waals surface area (Å²) < 4.78 is 0. The van der Waals surface area contributed by atoms with Crippen LogP contribution in [0.15, 0.2) is 30.3 Å². The molecule has 25 heavy (non-hydrogen) atoms. The molecule has 3 rings (SSSR count). The molecule has 5 nitrogen and oxygen atoms in total. The lowest BCUT2D eigenvalue weighted by molar-refractivity contribution is 0.151. The van der Waals surface area contributed by atoms with E-state index < -0.39 is 0 Å². The Labute approximate surface area is 151 Å². The number of aliphatic hydroxyl groups excluding tert-OH is 1. The standard InChI is InChI=1S/C20H31N3O2/c24-16-19-7-4-11-23(19)20(25)21-15-18-9-13-22(14-10-18)12-8-17-5-2-1-3-6-17/h1-3,5-6,18-19,24H,4,7-16H2,(H,21,25)/t19-/m0/s1. The molecule has 2 N–H and O–H groups in total. The fraction of sp³-hybridized carbons (Fsp3) is 0.650. The number of likely N-dealkylation sites (tertiary alicyclic amines) is 2. The lowest BCUT2D eigenvalue weighted by Gasteiger charge is -2.32. The van der Waals surface area contributed by atoms with Crippen molar-refractivity contribution < 1.29 is 9.90 Å². The van der Waals surface area contributed by atoms with Gasteiger partial charge in [0.05, 0.1) is 12.6 Å². The molecule has 2 fully saturated rings. The van der Waals surface area contributed by atoms with E-state index >= 15 is 0 Å². The highest BCUT2D eigenvalue weighted by atomic mass is 16.3. The second-order valence-electron chi connectivity index (χ2n) is 7.38. The van der Waals surface area contributed by atoms with E-state index in [2.05, 4.69) is 40.5 Å². The van der Waals surface area contributed by atoms with Crippen molar-refractivity contribution in [2.75, 3.05) is 39.3 Å². The molecule has 0 saturated carbocycles. The van der Waals surface area contributed by atoms with Crippen LogP contribution in [0.1, 0.15) is 31.2 Å². The van der Waals surface area contributed by atoms with Gasteiger partial charge in [0.1, 0.15) is 0 Å². The van der Waals surface area contributed by atoms with Crippen molar-refractivity contribution in [1.29, 1.82) is 0 Å². The van der Waals surface area contributed by atoms with Crippen LogP contribution < -0.4 is 5.32 Å². The Morgan fingerprint density at radius 3 is 2.60 bits per heavy atom. The SMILES string of the molecule is O=C(NCC1CCN(CCc2ccccc2)CC1)N1CCC[C@H]1CO. The summed E-state index contributed by atoms with van der Waals surface area (Å²) in [4.78, 5) is 16.6. The number of urea groups is 1. The zero-order valence-electron chi connectivity index (χ0n) is 15.1. The average Bonchev–Trinajstić information content (AvgIpc) is 3.15. The monoisotopic (exact) mass is 345 g/mol. The third-order valence-corrected chi connectivity index (χ3v) is 5.66. The molecule has 1 aromatic carbocycles. The number of piperidine rings is 1. The van der Waals surface area contributed by atoms with Crippen molar-refractivity contribution in [3.05, 3.63) is 35.9 Å². The van der Waals surface area contributed by atoms with Crippen LogP contribution in [0.4, 0.5) is 4.79 Å². The van der Waals surface area contributed by atoms with E-state index in [1.54, 1.807) is 4.90 Å². The van der Waals surface area contributed by atoms with Gasteiger partial charge in [-0.25, -0.2) is 4.79 Å². The fourth-order valence-corrected chi connectivity index (χ4v) is 3.97. The number of hydrogen-bond acceptors (Lipinski definition) is 3. The Kier molecular flexibility index (Phi) is 6.70. The summed E-state index contributed by atoms with van der Waals surface area (Å²) in [6.45, 7) is 4.98. The third kappa shape index (κ3) is 5.19. The number of carbonyl (C=O) groups is 1. The quantitative estimate of drug-likeness (QED) is 0.830. The molecule has 2 heterocycles. The van der Waals surface area contributed by atoms with E-state index in [1.807, 2.05) is 0 Å². The topological polar surface area (TPSA) is 55.8 Å². The van der Waals surface area contributed by atoms with Gasteiger partial charge in [-0.3, -0.25) is 0 Å². The molecule has 2 aliphatic rings. The maximum absolute atomic E-state index is 12.3. The predicted molar refractivity (Wildman–Crippen MR) is 99.5 cm³/mol. The number of hydrogen-bond donors (Lipinski definition) is 2. The van der Waals surface area contributed by atoms with E-state index in [0.29, 0.717) is 5.92 Å². The van der Waals surface area contributed by atoms with E-state index in [-0.39, 0.29) is 18.7 Å². The normalized spacial score (nSPS) is 22.3. The molecule has 5 heteroatoms. The number of amides is 2. The number of aliphatic hydroxyl groups is 1. The van der Waals surface area contributed by atoms with Crippen LogP contribution in [0.25, 0.3) is 0 Å². The lowest BCUT2D eigenvalue weighted by Crippen LogP contribution is -2.46. The minimum Gasteiger partial charge on any atom is -0.394 e. The molecule has 0 aliphatic carbocycles. The second kappa shape index (κ2) is 9.20. The first kappa shape index (κ1) is 18.2. The van der Waals surface area contributed by atoms with Crippen LogP contribution in [-0.2, 0) is 6.42 Å². The molecule has 138 valence electrons. The minimum atomic E-state index is 0.00283. The molecule has 0 unspecified atom stereocenters. The van der Waals surface area contributed by atoms with Crippen LogP contribution >= 0.6 is 0 Å². The van der Waals surface area contributed by atoms with Crippen LogP contribution in [0.5, 0.6) is 0 Å². The van der Waals surface area contributed by atoms with E-state index in [4.69, 9.17) is 0 Å². The summed E-state index contributed by atoms with van der Waals surface area (Å²) in [7, 11) is 0. The van der Waals surface area contributed by atoms with Crippen LogP contribution in [-0.4, -0.2) is 66.3 Å². The minimum absolute atomic E-state index is 0.00283. The Hall–Kier alpha value is -1.59. The molecular weight excluding hydrogens is 314 g/mol. The maximum Gasteiger partial charge on any atom is 0.317 e. The van der Waals surface area contributed by atoms with Crippen molar-refractivity contribution in [3.63, 3.8) is 0 Å². The van der Waals surface area contributed by atoms with E-state index in [0.717, 1.165) is 64.8 Å². The molecule has 2 saturated heterocycles. The number of carbonyl (C=O) groups excluding carboxylic acids is 1. The van der Waals surface area contributed by atoms with Crippen molar-refractivity contribution in [1.82, 2.24) is 15.1 Å². The second-order valence-corrected chi connectivity index (χ2v) is 7.38. The molecule has 1 aromatic rings. The maximum atomic E-state index is 12.3. The van der Waals surface area contributed by atoms with Crippen LogP contribution in [0.3, 0.4) is 0 Å². The number of rotatable bonds is 6. The average molecular weight is 345 g/mol. The number of benzene rings is 1. The first-order valence-electron chi connectivity index (χ1n) is 9.68. The van der Waals surface area contributed by atoms with Gasteiger partial charge in [0.2, 0.25) is 0 Å². The first-order chi connectivity index (χ1) is 12.3. The number of nitrogens with one attached hydrogen (secondary N) is 1. The van der Waals surface area contributed by atoms with Gasteiger partial charge in [-0.1, -0.05) is 30.3 Å². The smallest absolute Gasteiger partial charge is 0.317 e. The van der Waals surface area contributed by atoms with Gasteiger partial charge in [0.25, 0.3) is 0 Å². The molecular formula is C20H31N3O2. The third-order valence-electron chi connectivity index (χ3n) is 5.66. The highest BCUT2D eigenvalue weighted by molar-refractivity contribution is 5.74. The summed E-state index contributed by atoms with van der Waals surface area (Å²) in [6, 6.07) is 10.7. The Bertz CT molecular complexity index is 529. The Balaban J connectivity index is 1.33. The highest BCUT2D eigenvalue weighted by Crippen LogP contribution is 2.19. The first-order valence-corrected chi connectivity index (χ1v) is 9.68. The molecule has 2 aliphatic heterocycles. The Morgan fingerprint density at radius 2 is 1.88 bits per heavy atom. The van der Waals surface area contributed by atoms with Gasteiger partial charge in [0.15, 0.2) is 0 Å². The molecule has 0 aromatic heterocycles. The molecule has 0 bridgehead atoms. The highest BCUT2D eigenvalue weighted by Gasteiger charge is 2.28. The van der Waals surface area contributed by atoms with Gasteiger partial charge in [-0.2, -0.15) is 0 Å². The van der Waals surface area contributed by atoms with Crippen molar-refractivity contribution in [3.8, 4) is 0 Å². The Morgan fingerprint density at radius 1 is 1.12 bits per heavy atom. The molecule has 2 amide bonds. The van der Waals surface area contributed by atoms with Gasteiger partial charge < -0.3 is 20.2 Å². The van der Waals surface area contributed by atoms with Crippen molar-refractivity contribution >= 4 is 6.03 Å². The van der Waals surface area contributed by atoms with Gasteiger partial charge in [-0.15, -0.1) is 0 Å². The summed E-state index contributed by atoms with van der Waals surface area (Å²) in [6.07, 6.45) is 5.33.